The second kappa shape index (κ2) is 6.86. The Morgan fingerprint density at radius 1 is 1.27 bits per heavy atom. The summed E-state index contributed by atoms with van der Waals surface area (Å²) in [6, 6.07) is 8.13. The van der Waals surface area contributed by atoms with Gasteiger partial charge in [0.2, 0.25) is 0 Å². The van der Waals surface area contributed by atoms with Gasteiger partial charge in [-0.3, -0.25) is 0 Å². The third-order valence-corrected chi connectivity index (χ3v) is 3.10. The number of rotatable bonds is 6. The van der Waals surface area contributed by atoms with Crippen LogP contribution in [0.5, 0.6) is 0 Å². The van der Waals surface area contributed by atoms with Gasteiger partial charge in [-0.05, 0) is 37.1 Å². The molecule has 0 spiro atoms. The van der Waals surface area contributed by atoms with Gasteiger partial charge in [-0.1, -0.05) is 50.1 Å². The van der Waals surface area contributed by atoms with Crippen molar-refractivity contribution < 1.29 is 0 Å². The zero-order valence-electron chi connectivity index (χ0n) is 9.59. The Bertz CT molecular complexity index is 286. The maximum Gasteiger partial charge on any atom is 0.0438 e. The second-order valence-electron chi connectivity index (χ2n) is 3.88. The quantitative estimate of drug-likeness (QED) is 0.781. The first kappa shape index (κ1) is 12.5. The molecule has 0 aliphatic carbocycles. The Kier molecular flexibility index (Phi) is 5.74. The Morgan fingerprint density at radius 2 is 2.00 bits per heavy atom. The molecule has 1 unspecified atom stereocenters. The van der Waals surface area contributed by atoms with Crippen molar-refractivity contribution in [1.29, 1.82) is 0 Å². The van der Waals surface area contributed by atoms with Gasteiger partial charge in [0.05, 0.1) is 0 Å². The molecule has 1 aromatic carbocycles. The van der Waals surface area contributed by atoms with Gasteiger partial charge >= 0.3 is 0 Å². The van der Waals surface area contributed by atoms with Crippen LogP contribution in [0.25, 0.3) is 0 Å². The van der Waals surface area contributed by atoms with Gasteiger partial charge in [-0.2, -0.15) is 0 Å². The fourth-order valence-corrected chi connectivity index (χ4v) is 1.90. The van der Waals surface area contributed by atoms with E-state index in [1.165, 1.54) is 12.0 Å². The number of hydrogen-bond acceptors (Lipinski definition) is 1. The summed E-state index contributed by atoms with van der Waals surface area (Å²) in [6.07, 6.45) is 2.27. The minimum atomic E-state index is 0.685. The van der Waals surface area contributed by atoms with E-state index in [0.717, 1.165) is 24.5 Å². The second-order valence-corrected chi connectivity index (χ2v) is 4.28. The highest BCUT2D eigenvalue weighted by Gasteiger charge is 2.08. The zero-order chi connectivity index (χ0) is 11.1. The summed E-state index contributed by atoms with van der Waals surface area (Å²) in [5, 5.41) is 4.29. The number of benzene rings is 1. The van der Waals surface area contributed by atoms with Gasteiger partial charge in [0, 0.05) is 5.02 Å². The maximum atomic E-state index is 6.14. The molecule has 15 heavy (non-hydrogen) atoms. The van der Waals surface area contributed by atoms with E-state index in [4.69, 9.17) is 11.6 Å². The van der Waals surface area contributed by atoms with Gasteiger partial charge in [0.1, 0.15) is 0 Å². The molecule has 0 bridgehead atoms. The molecule has 0 aliphatic rings. The molecule has 0 amide bonds. The molecule has 1 atom stereocenters. The van der Waals surface area contributed by atoms with Crippen LogP contribution in [-0.2, 0) is 6.42 Å². The number of hydrogen-bond donors (Lipinski definition) is 1. The summed E-state index contributed by atoms with van der Waals surface area (Å²) in [7, 11) is 0. The minimum absolute atomic E-state index is 0.685. The van der Waals surface area contributed by atoms with Crippen LogP contribution in [0.15, 0.2) is 24.3 Å². The lowest BCUT2D eigenvalue weighted by atomic mass is 9.97. The van der Waals surface area contributed by atoms with Crippen molar-refractivity contribution in [3.8, 4) is 0 Å². The topological polar surface area (TPSA) is 12.0 Å². The van der Waals surface area contributed by atoms with Crippen LogP contribution in [0.1, 0.15) is 25.8 Å². The molecule has 0 saturated heterocycles. The van der Waals surface area contributed by atoms with Crippen molar-refractivity contribution in [2.24, 2.45) is 5.92 Å². The van der Waals surface area contributed by atoms with Gasteiger partial charge in [0.15, 0.2) is 0 Å². The lowest BCUT2D eigenvalue weighted by Gasteiger charge is -2.15. The fraction of sp³-hybridized carbons (Fsp3) is 0.538. The summed E-state index contributed by atoms with van der Waals surface area (Å²) < 4.78 is 0. The van der Waals surface area contributed by atoms with E-state index in [-0.39, 0.29) is 0 Å². The average molecular weight is 226 g/mol. The van der Waals surface area contributed by atoms with E-state index >= 15 is 0 Å². The van der Waals surface area contributed by atoms with Gasteiger partial charge in [-0.15, -0.1) is 0 Å². The first-order valence-corrected chi connectivity index (χ1v) is 6.09. The van der Waals surface area contributed by atoms with Crippen molar-refractivity contribution in [3.63, 3.8) is 0 Å². The van der Waals surface area contributed by atoms with Gasteiger partial charge in [0.25, 0.3) is 0 Å². The summed E-state index contributed by atoms with van der Waals surface area (Å²) >= 11 is 6.14. The molecule has 1 rings (SSSR count). The predicted molar refractivity (Wildman–Crippen MR) is 67.5 cm³/mol. The molecule has 0 fully saturated rings. The van der Waals surface area contributed by atoms with E-state index < -0.39 is 0 Å². The zero-order valence-corrected chi connectivity index (χ0v) is 10.3. The highest BCUT2D eigenvalue weighted by Crippen LogP contribution is 2.19. The normalized spacial score (nSPS) is 12.7. The fourth-order valence-electron chi connectivity index (χ4n) is 1.68. The van der Waals surface area contributed by atoms with Crippen molar-refractivity contribution in [3.05, 3.63) is 34.9 Å². The summed E-state index contributed by atoms with van der Waals surface area (Å²) in [5.41, 5.74) is 1.27. The third-order valence-electron chi connectivity index (χ3n) is 2.73. The lowest BCUT2D eigenvalue weighted by molar-refractivity contribution is 0.467. The first-order valence-electron chi connectivity index (χ1n) is 5.72. The first-order chi connectivity index (χ1) is 7.27. The molecule has 84 valence electrons. The van der Waals surface area contributed by atoms with E-state index in [1.807, 2.05) is 12.1 Å². The standard InChI is InChI=1S/C13H20ClN/c1-3-11(10-15-4-2)9-12-7-5-6-8-13(12)14/h5-8,11,15H,3-4,9-10H2,1-2H3. The molecule has 0 aromatic heterocycles. The summed E-state index contributed by atoms with van der Waals surface area (Å²) in [6.45, 7) is 6.50. The van der Waals surface area contributed by atoms with Crippen molar-refractivity contribution >= 4 is 11.6 Å². The van der Waals surface area contributed by atoms with E-state index in [9.17, 15) is 0 Å². The largest absolute Gasteiger partial charge is 0.317 e. The molecule has 0 radical (unpaired) electrons. The van der Waals surface area contributed by atoms with E-state index in [2.05, 4.69) is 31.3 Å². The number of halogens is 1. The van der Waals surface area contributed by atoms with Crippen LogP contribution in [0.4, 0.5) is 0 Å². The summed E-state index contributed by atoms with van der Waals surface area (Å²) in [5.74, 6) is 0.685. The molecule has 0 saturated carbocycles. The molecule has 2 heteroatoms. The Labute approximate surface area is 97.8 Å². The van der Waals surface area contributed by atoms with Crippen LogP contribution in [0.2, 0.25) is 5.02 Å². The van der Waals surface area contributed by atoms with E-state index in [0.29, 0.717) is 5.92 Å². The van der Waals surface area contributed by atoms with Crippen LogP contribution < -0.4 is 5.32 Å². The molecule has 0 heterocycles. The van der Waals surface area contributed by atoms with Gasteiger partial charge in [-0.25, -0.2) is 0 Å². The molecule has 1 nitrogen and oxygen atoms in total. The van der Waals surface area contributed by atoms with E-state index in [1.54, 1.807) is 0 Å². The van der Waals surface area contributed by atoms with Crippen LogP contribution in [0.3, 0.4) is 0 Å². The van der Waals surface area contributed by atoms with Gasteiger partial charge < -0.3 is 5.32 Å². The predicted octanol–water partition coefficient (Wildman–Crippen LogP) is 3.52. The highest BCUT2D eigenvalue weighted by atomic mass is 35.5. The smallest absolute Gasteiger partial charge is 0.0438 e. The SMILES string of the molecule is CCNCC(CC)Cc1ccccc1Cl. The molecule has 0 aliphatic heterocycles. The van der Waals surface area contributed by atoms with Crippen molar-refractivity contribution in [2.45, 2.75) is 26.7 Å². The summed E-state index contributed by atoms with van der Waals surface area (Å²) in [4.78, 5) is 0. The molecule has 1 N–H and O–H groups in total. The monoisotopic (exact) mass is 225 g/mol. The average Bonchev–Trinajstić information content (AvgIpc) is 2.26. The Hall–Kier alpha value is -0.530. The maximum absolute atomic E-state index is 6.14. The molecule has 1 aromatic rings. The number of nitrogens with one attached hydrogen (secondary N) is 1. The molecular formula is C13H20ClN. The highest BCUT2D eigenvalue weighted by molar-refractivity contribution is 6.31. The van der Waals surface area contributed by atoms with Crippen LogP contribution in [-0.4, -0.2) is 13.1 Å². The minimum Gasteiger partial charge on any atom is -0.317 e. The Balaban J connectivity index is 2.54. The van der Waals surface area contributed by atoms with Crippen molar-refractivity contribution in [1.82, 2.24) is 5.32 Å². The lowest BCUT2D eigenvalue weighted by Crippen LogP contribution is -2.23. The van der Waals surface area contributed by atoms with Crippen LogP contribution >= 0.6 is 11.6 Å². The van der Waals surface area contributed by atoms with Crippen LogP contribution in [0, 0.1) is 5.92 Å². The third kappa shape index (κ3) is 4.23. The van der Waals surface area contributed by atoms with Crippen molar-refractivity contribution in [2.75, 3.05) is 13.1 Å². The Morgan fingerprint density at radius 3 is 2.60 bits per heavy atom. The molecular weight excluding hydrogens is 206 g/mol.